The van der Waals surface area contributed by atoms with Crippen molar-refractivity contribution in [1.82, 2.24) is 0 Å². The van der Waals surface area contributed by atoms with Gasteiger partial charge in [0.1, 0.15) is 6.17 Å². The predicted octanol–water partition coefficient (Wildman–Crippen LogP) is 3.75. The van der Waals surface area contributed by atoms with Gasteiger partial charge in [-0.3, -0.25) is 4.79 Å². The number of hydrogen-bond donors (Lipinski definition) is 2. The van der Waals surface area contributed by atoms with Crippen molar-refractivity contribution in [2.24, 2.45) is 33.8 Å². The number of carbonyl (C=O) groups is 3. The van der Waals surface area contributed by atoms with Crippen LogP contribution in [0.3, 0.4) is 0 Å². The Morgan fingerprint density at radius 3 is 2.50 bits per heavy atom. The van der Waals surface area contributed by atoms with Gasteiger partial charge in [0.2, 0.25) is 5.60 Å². The van der Waals surface area contributed by atoms with E-state index < -0.39 is 94.5 Å². The minimum Gasteiger partial charge on any atom is -0.450 e. The Morgan fingerprint density at radius 2 is 1.90 bits per heavy atom. The second-order valence-corrected chi connectivity index (χ2v) is 13.5. The van der Waals surface area contributed by atoms with Crippen LogP contribution in [0.25, 0.3) is 0 Å². The summed E-state index contributed by atoms with van der Waals surface area (Å²) in [6, 6.07) is 0. The van der Waals surface area contributed by atoms with Crippen molar-refractivity contribution in [3.63, 3.8) is 0 Å². The highest BCUT2D eigenvalue weighted by Gasteiger charge is 2.83. The molecule has 4 rings (SSSR count). The normalized spacial score (nSPS) is 43.9. The van der Waals surface area contributed by atoms with Crippen LogP contribution in [-0.4, -0.2) is 65.3 Å². The number of fused-ring (bicyclic) bond motifs is 5. The summed E-state index contributed by atoms with van der Waals surface area (Å²) in [6.07, 6.45) is 3.25. The number of ketones is 1. The van der Waals surface area contributed by atoms with Gasteiger partial charge in [0, 0.05) is 28.2 Å². The van der Waals surface area contributed by atoms with Crippen LogP contribution < -0.4 is 5.73 Å². The molecule has 0 aromatic carbocycles. The van der Waals surface area contributed by atoms with Crippen molar-refractivity contribution >= 4 is 17.9 Å². The van der Waals surface area contributed by atoms with Crippen LogP contribution in [0.15, 0.2) is 23.8 Å². The van der Waals surface area contributed by atoms with Gasteiger partial charge < -0.3 is 25.1 Å². The average molecular weight is 564 g/mol. The maximum Gasteiger partial charge on any atom is 0.509 e. The third-order valence-corrected chi connectivity index (χ3v) is 9.91. The lowest BCUT2D eigenvalue weighted by Crippen LogP contribution is -2.79. The smallest absolute Gasteiger partial charge is 0.450 e. The fourth-order valence-electron chi connectivity index (χ4n) is 7.99. The lowest BCUT2D eigenvalue weighted by atomic mass is 9.42. The number of carbonyl (C=O) groups excluding carboxylic acids is 3. The number of halogens is 2. The molecule has 0 bridgehead atoms. The summed E-state index contributed by atoms with van der Waals surface area (Å²) in [5.41, 5.74) is -2.95. The number of allylic oxidation sites excluding steroid dienone is 4. The number of nitrogens with two attached hydrogens (primary N) is 1. The second kappa shape index (κ2) is 9.38. The Morgan fingerprint density at radius 1 is 1.25 bits per heavy atom. The number of ether oxygens (including phenoxy) is 3. The van der Waals surface area contributed by atoms with E-state index in [1.54, 1.807) is 6.92 Å². The molecule has 0 aliphatic heterocycles. The fourth-order valence-corrected chi connectivity index (χ4v) is 7.99. The minimum atomic E-state index is -2.50. The van der Waals surface area contributed by atoms with Crippen LogP contribution in [0, 0.1) is 40.4 Å². The highest BCUT2D eigenvalue weighted by molar-refractivity contribution is 6.01. The molecule has 0 heterocycles. The van der Waals surface area contributed by atoms with Gasteiger partial charge in [-0.15, -0.1) is 6.42 Å². The molecule has 0 saturated heterocycles. The average Bonchev–Trinajstić information content (AvgIpc) is 3.02. The number of terminal acetylenes is 1. The number of esters is 1. The third kappa shape index (κ3) is 3.87. The first kappa shape index (κ1) is 30.2. The molecular weight excluding hydrogens is 524 g/mol. The topological polar surface area (TPSA) is 125 Å². The van der Waals surface area contributed by atoms with Gasteiger partial charge in [-0.05, 0) is 49.3 Å². The van der Waals surface area contributed by atoms with Gasteiger partial charge in [0.15, 0.2) is 18.1 Å². The van der Waals surface area contributed by atoms with E-state index >= 15 is 8.78 Å². The lowest BCUT2D eigenvalue weighted by molar-refractivity contribution is -0.239. The van der Waals surface area contributed by atoms with E-state index in [9.17, 15) is 19.5 Å². The molecule has 3 fully saturated rings. The zero-order chi connectivity index (χ0) is 30.1. The number of aliphatic hydroxyl groups excluding tert-OH is 1. The molecule has 8 nitrogen and oxygen atoms in total. The SMILES string of the molecule is C#CCOC(=O)[C@@]1(OC(=O)OCC(C)(C)C)[C@H](C)C[C@@]2(N)C3C[C@H](F)C4=CC(=O)C=CC4(C)[C@@]3(F)[C@@H](O)CC21C. The molecule has 3 unspecified atom stereocenters. The molecule has 9 atom stereocenters. The Balaban J connectivity index is 1.86. The van der Waals surface area contributed by atoms with Gasteiger partial charge in [-0.1, -0.05) is 46.6 Å². The second-order valence-electron chi connectivity index (χ2n) is 13.5. The largest absolute Gasteiger partial charge is 0.509 e. The number of hydrogen-bond acceptors (Lipinski definition) is 8. The first-order valence-corrected chi connectivity index (χ1v) is 13.6. The van der Waals surface area contributed by atoms with E-state index in [4.69, 9.17) is 26.4 Å². The molecule has 10 heteroatoms. The summed E-state index contributed by atoms with van der Waals surface area (Å²) in [4.78, 5) is 39.0. The summed E-state index contributed by atoms with van der Waals surface area (Å²) in [7, 11) is 0. The van der Waals surface area contributed by atoms with Crippen molar-refractivity contribution in [2.45, 2.75) is 89.9 Å². The first-order chi connectivity index (χ1) is 18.3. The molecule has 0 spiro atoms. The quantitative estimate of drug-likeness (QED) is 0.392. The van der Waals surface area contributed by atoms with E-state index in [0.717, 1.165) is 12.2 Å². The van der Waals surface area contributed by atoms with Gasteiger partial charge in [0.05, 0.1) is 12.7 Å². The van der Waals surface area contributed by atoms with Gasteiger partial charge >= 0.3 is 12.1 Å². The molecule has 0 aromatic heterocycles. The van der Waals surface area contributed by atoms with Crippen molar-refractivity contribution < 1.29 is 42.5 Å². The standard InChI is InChI=1S/C30H39F2NO7/c1-8-11-38-23(36)30(40-24(37)39-16-25(3,4)5)17(2)14-28(33)21-13-20(31)19-12-18(34)9-10-26(19,6)29(21,32)22(35)15-27(28,30)7/h1,9-10,12,17,20-22,35H,11,13-16,33H2,2-7H3/t17-,20+,21?,22+,26?,27?,28-,29+,30+/m1/s1. The summed E-state index contributed by atoms with van der Waals surface area (Å²) >= 11 is 0. The fraction of sp³-hybridized carbons (Fsp3) is 0.700. The summed E-state index contributed by atoms with van der Waals surface area (Å²) in [5, 5.41) is 11.6. The highest BCUT2D eigenvalue weighted by Crippen LogP contribution is 2.72. The summed E-state index contributed by atoms with van der Waals surface area (Å²) < 4.78 is 49.9. The third-order valence-electron chi connectivity index (χ3n) is 9.91. The van der Waals surface area contributed by atoms with Gasteiger partial charge in [0.25, 0.3) is 0 Å². The van der Waals surface area contributed by atoms with Crippen LogP contribution in [0.4, 0.5) is 13.6 Å². The maximum absolute atomic E-state index is 17.6. The Labute approximate surface area is 233 Å². The van der Waals surface area contributed by atoms with E-state index in [-0.39, 0.29) is 18.6 Å². The molecule has 40 heavy (non-hydrogen) atoms. The molecular formula is C30H39F2NO7. The van der Waals surface area contributed by atoms with Crippen LogP contribution in [0.1, 0.15) is 60.8 Å². The number of rotatable bonds is 4. The molecule has 3 N–H and O–H groups in total. The molecule has 0 aromatic rings. The van der Waals surface area contributed by atoms with Crippen LogP contribution in [0.2, 0.25) is 0 Å². The van der Waals surface area contributed by atoms with Crippen molar-refractivity contribution in [3.05, 3.63) is 23.8 Å². The molecule has 3 saturated carbocycles. The number of aliphatic hydroxyl groups is 1. The summed E-state index contributed by atoms with van der Waals surface area (Å²) in [6.45, 7) is 9.66. The van der Waals surface area contributed by atoms with Crippen molar-refractivity contribution in [2.75, 3.05) is 13.2 Å². The zero-order valence-corrected chi connectivity index (χ0v) is 23.9. The van der Waals surface area contributed by atoms with E-state index in [1.807, 2.05) is 20.8 Å². The predicted molar refractivity (Wildman–Crippen MR) is 141 cm³/mol. The van der Waals surface area contributed by atoms with E-state index in [2.05, 4.69) is 5.92 Å². The minimum absolute atomic E-state index is 0.0267. The molecule has 0 radical (unpaired) electrons. The summed E-state index contributed by atoms with van der Waals surface area (Å²) in [5.74, 6) is -1.45. The molecule has 4 aliphatic rings. The van der Waals surface area contributed by atoms with Crippen molar-refractivity contribution in [3.8, 4) is 12.3 Å². The van der Waals surface area contributed by atoms with E-state index in [0.29, 0.717) is 0 Å². The van der Waals surface area contributed by atoms with Gasteiger partial charge in [-0.2, -0.15) is 0 Å². The number of alkyl halides is 2. The Hall–Kier alpha value is -2.77. The van der Waals surface area contributed by atoms with Crippen LogP contribution >= 0.6 is 0 Å². The Bertz CT molecular complexity index is 1220. The van der Waals surface area contributed by atoms with Crippen LogP contribution in [-0.2, 0) is 23.8 Å². The first-order valence-electron chi connectivity index (χ1n) is 13.6. The van der Waals surface area contributed by atoms with Gasteiger partial charge in [-0.25, -0.2) is 18.4 Å². The van der Waals surface area contributed by atoms with Crippen LogP contribution in [0.5, 0.6) is 0 Å². The molecule has 0 amide bonds. The van der Waals surface area contributed by atoms with Crippen molar-refractivity contribution in [1.29, 1.82) is 0 Å². The molecule has 220 valence electrons. The monoisotopic (exact) mass is 563 g/mol. The zero-order valence-electron chi connectivity index (χ0n) is 23.9. The van der Waals surface area contributed by atoms with E-state index in [1.165, 1.54) is 19.9 Å². The maximum atomic E-state index is 17.6. The lowest BCUT2D eigenvalue weighted by Gasteiger charge is -2.66. The Kier molecular flexibility index (Phi) is 7.08. The highest BCUT2D eigenvalue weighted by atomic mass is 19.1. The molecule has 4 aliphatic carbocycles.